The molecule has 0 bridgehead atoms. The van der Waals surface area contributed by atoms with Crippen LogP contribution in [-0.2, 0) is 9.53 Å². The van der Waals surface area contributed by atoms with Crippen LogP contribution in [0.1, 0.15) is 84.3 Å². The zero-order chi connectivity index (χ0) is 28.5. The van der Waals surface area contributed by atoms with E-state index in [1.165, 1.54) is 31.4 Å². The second kappa shape index (κ2) is 12.2. The number of hydrogen-bond acceptors (Lipinski definition) is 5. The van der Waals surface area contributed by atoms with E-state index >= 15 is 0 Å². The Labute approximate surface area is 242 Å². The highest BCUT2D eigenvalue weighted by Gasteiger charge is 2.42. The monoisotopic (exact) mass is 565 g/mol. The maximum atomic E-state index is 14.1. The summed E-state index contributed by atoms with van der Waals surface area (Å²) < 4.78 is 21.6. The van der Waals surface area contributed by atoms with Gasteiger partial charge in [-0.2, -0.15) is 5.10 Å². The van der Waals surface area contributed by atoms with E-state index in [0.717, 1.165) is 74.5 Å². The first-order chi connectivity index (χ1) is 19.9. The number of carbonyl (C=O) groups is 2. The summed E-state index contributed by atoms with van der Waals surface area (Å²) in [5.74, 6) is 0.593. The van der Waals surface area contributed by atoms with Crippen LogP contribution in [0, 0.1) is 37.4 Å². The predicted molar refractivity (Wildman–Crippen MR) is 154 cm³/mol. The van der Waals surface area contributed by atoms with Gasteiger partial charge in [0.15, 0.2) is 0 Å². The number of halogens is 1. The summed E-state index contributed by atoms with van der Waals surface area (Å²) in [6.45, 7) is 9.35. The summed E-state index contributed by atoms with van der Waals surface area (Å²) >= 11 is 0. The standard InChI is InChI=1S/C32H44FN5O3/c1-21-30(22(2)38(35-21)28-9-4-3-5-10-28)32(40)37-18-25-16-36(17-26(25)19-37)13-11-29(23-7-6-8-27(33)15-23)34-31(39)24-12-14-41-20-24/h6-8,15,24-26,28-29H,3-5,9-14,16-20H2,1-2H3,(H,34,39)/t24?,25?,26?,29-/m0/s1. The molecule has 2 aromatic rings. The Bertz CT molecular complexity index is 1240. The van der Waals surface area contributed by atoms with Crippen LogP contribution in [0.25, 0.3) is 0 Å². The molecule has 3 saturated heterocycles. The predicted octanol–water partition coefficient (Wildman–Crippen LogP) is 4.43. The number of aromatic nitrogens is 2. The van der Waals surface area contributed by atoms with E-state index in [4.69, 9.17) is 9.84 Å². The molecule has 0 spiro atoms. The molecule has 3 unspecified atom stereocenters. The van der Waals surface area contributed by atoms with Crippen molar-refractivity contribution < 1.29 is 18.7 Å². The van der Waals surface area contributed by atoms with Crippen molar-refractivity contribution in [2.75, 3.05) is 45.9 Å². The van der Waals surface area contributed by atoms with Crippen molar-refractivity contribution in [1.82, 2.24) is 24.9 Å². The normalized spacial score (nSPS) is 25.9. The molecule has 1 aliphatic carbocycles. The van der Waals surface area contributed by atoms with E-state index in [0.29, 0.717) is 37.5 Å². The number of nitrogens with one attached hydrogen (secondary N) is 1. The van der Waals surface area contributed by atoms with Crippen molar-refractivity contribution in [2.24, 2.45) is 17.8 Å². The van der Waals surface area contributed by atoms with Gasteiger partial charge in [0.05, 0.1) is 35.9 Å². The number of nitrogens with zero attached hydrogens (tertiary/aromatic N) is 4. The minimum Gasteiger partial charge on any atom is -0.381 e. The zero-order valence-electron chi connectivity index (χ0n) is 24.5. The molecular weight excluding hydrogens is 521 g/mol. The van der Waals surface area contributed by atoms with Crippen molar-refractivity contribution in [3.63, 3.8) is 0 Å². The summed E-state index contributed by atoms with van der Waals surface area (Å²) in [6.07, 6.45) is 7.52. The van der Waals surface area contributed by atoms with Gasteiger partial charge in [-0.1, -0.05) is 31.4 Å². The van der Waals surface area contributed by atoms with Crippen LogP contribution in [-0.4, -0.2) is 77.3 Å². The van der Waals surface area contributed by atoms with Gasteiger partial charge in [0.1, 0.15) is 5.82 Å². The lowest BCUT2D eigenvalue weighted by Gasteiger charge is -2.26. The molecule has 1 aromatic heterocycles. The largest absolute Gasteiger partial charge is 0.381 e. The lowest BCUT2D eigenvalue weighted by Crippen LogP contribution is -2.37. The molecule has 4 fully saturated rings. The number of fused-ring (bicyclic) bond motifs is 1. The number of hydrogen-bond donors (Lipinski definition) is 1. The summed E-state index contributed by atoms with van der Waals surface area (Å²) in [4.78, 5) is 31.1. The Morgan fingerprint density at radius 3 is 2.51 bits per heavy atom. The number of likely N-dealkylation sites (tertiary alicyclic amines) is 2. The van der Waals surface area contributed by atoms with E-state index in [9.17, 15) is 14.0 Å². The van der Waals surface area contributed by atoms with Gasteiger partial charge >= 0.3 is 0 Å². The molecule has 4 aliphatic rings. The Balaban J connectivity index is 1.05. The third kappa shape index (κ3) is 6.07. The fourth-order valence-corrected chi connectivity index (χ4v) is 7.64. The van der Waals surface area contributed by atoms with Crippen LogP contribution >= 0.6 is 0 Å². The van der Waals surface area contributed by atoms with Gasteiger partial charge in [-0.25, -0.2) is 4.39 Å². The first kappa shape index (κ1) is 28.3. The lowest BCUT2D eigenvalue weighted by atomic mass is 9.95. The van der Waals surface area contributed by atoms with E-state index in [-0.39, 0.29) is 29.6 Å². The number of aryl methyl sites for hydroxylation is 1. The summed E-state index contributed by atoms with van der Waals surface area (Å²) in [5.41, 5.74) is 3.47. The Morgan fingerprint density at radius 2 is 1.83 bits per heavy atom. The molecule has 3 aliphatic heterocycles. The number of rotatable bonds is 8. The van der Waals surface area contributed by atoms with Crippen molar-refractivity contribution in [2.45, 2.75) is 70.9 Å². The summed E-state index contributed by atoms with van der Waals surface area (Å²) in [7, 11) is 0. The number of benzene rings is 1. The van der Waals surface area contributed by atoms with Crippen LogP contribution in [0.3, 0.4) is 0 Å². The van der Waals surface area contributed by atoms with Gasteiger partial charge in [0, 0.05) is 45.0 Å². The van der Waals surface area contributed by atoms with Gasteiger partial charge < -0.3 is 19.9 Å². The molecule has 0 radical (unpaired) electrons. The van der Waals surface area contributed by atoms with Gasteiger partial charge in [0.2, 0.25) is 5.91 Å². The molecule has 222 valence electrons. The van der Waals surface area contributed by atoms with Crippen LogP contribution in [0.4, 0.5) is 4.39 Å². The molecule has 4 atom stereocenters. The van der Waals surface area contributed by atoms with Gasteiger partial charge in [-0.3, -0.25) is 14.3 Å². The Hall–Kier alpha value is -2.78. The van der Waals surface area contributed by atoms with Crippen molar-refractivity contribution in [3.05, 3.63) is 52.6 Å². The van der Waals surface area contributed by atoms with Gasteiger partial charge in [-0.15, -0.1) is 0 Å². The molecule has 41 heavy (non-hydrogen) atoms. The minimum atomic E-state index is -0.291. The number of amides is 2. The highest BCUT2D eigenvalue weighted by molar-refractivity contribution is 5.96. The van der Waals surface area contributed by atoms with Crippen LogP contribution in [0.5, 0.6) is 0 Å². The molecule has 6 rings (SSSR count). The SMILES string of the molecule is Cc1nn(C2CCCCC2)c(C)c1C(=O)N1CC2CN(CC[C@H](NC(=O)C3CCOC3)c3cccc(F)c3)CC2C1. The summed E-state index contributed by atoms with van der Waals surface area (Å²) in [5, 5.41) is 8.01. The van der Waals surface area contributed by atoms with Crippen molar-refractivity contribution in [1.29, 1.82) is 0 Å². The molecule has 1 aromatic carbocycles. The maximum Gasteiger partial charge on any atom is 0.257 e. The Kier molecular flexibility index (Phi) is 8.45. The number of carbonyl (C=O) groups excluding carboxylic acids is 2. The second-order valence-electron chi connectivity index (χ2n) is 12.7. The molecule has 4 heterocycles. The lowest BCUT2D eigenvalue weighted by molar-refractivity contribution is -0.125. The van der Waals surface area contributed by atoms with Crippen LogP contribution < -0.4 is 5.32 Å². The molecule has 1 N–H and O–H groups in total. The van der Waals surface area contributed by atoms with E-state index in [1.54, 1.807) is 6.07 Å². The fourth-order valence-electron chi connectivity index (χ4n) is 7.64. The van der Waals surface area contributed by atoms with Crippen molar-refractivity contribution >= 4 is 11.8 Å². The minimum absolute atomic E-state index is 0.0124. The van der Waals surface area contributed by atoms with E-state index < -0.39 is 0 Å². The third-order valence-corrected chi connectivity index (χ3v) is 9.91. The molecular formula is C32H44FN5O3. The fraction of sp³-hybridized carbons (Fsp3) is 0.656. The second-order valence-corrected chi connectivity index (χ2v) is 12.7. The Morgan fingerprint density at radius 1 is 1.07 bits per heavy atom. The van der Waals surface area contributed by atoms with Crippen molar-refractivity contribution in [3.8, 4) is 0 Å². The molecule has 9 heteroatoms. The third-order valence-electron chi connectivity index (χ3n) is 9.91. The van der Waals surface area contributed by atoms with Gasteiger partial charge in [-0.05, 0) is 69.1 Å². The average molecular weight is 566 g/mol. The topological polar surface area (TPSA) is 79.7 Å². The van der Waals surface area contributed by atoms with Crippen LogP contribution in [0.15, 0.2) is 24.3 Å². The smallest absolute Gasteiger partial charge is 0.257 e. The molecule has 1 saturated carbocycles. The average Bonchev–Trinajstić information content (AvgIpc) is 3.75. The van der Waals surface area contributed by atoms with E-state index in [2.05, 4.69) is 21.8 Å². The highest BCUT2D eigenvalue weighted by atomic mass is 19.1. The first-order valence-electron chi connectivity index (χ1n) is 15.6. The highest BCUT2D eigenvalue weighted by Crippen LogP contribution is 2.35. The maximum absolute atomic E-state index is 14.1. The van der Waals surface area contributed by atoms with E-state index in [1.807, 2.05) is 17.9 Å². The first-order valence-corrected chi connectivity index (χ1v) is 15.6. The zero-order valence-corrected chi connectivity index (χ0v) is 24.5. The van der Waals surface area contributed by atoms with Gasteiger partial charge in [0.25, 0.3) is 5.91 Å². The quantitative estimate of drug-likeness (QED) is 0.512. The molecule has 2 amide bonds. The summed E-state index contributed by atoms with van der Waals surface area (Å²) in [6, 6.07) is 6.73. The molecule has 8 nitrogen and oxygen atoms in total. The van der Waals surface area contributed by atoms with Crippen LogP contribution in [0.2, 0.25) is 0 Å². The number of ether oxygens (including phenoxy) is 1.